The summed E-state index contributed by atoms with van der Waals surface area (Å²) in [5.41, 5.74) is 3.37. The van der Waals surface area contributed by atoms with Crippen molar-refractivity contribution in [3.63, 3.8) is 0 Å². The fourth-order valence-corrected chi connectivity index (χ4v) is 3.86. The lowest BCUT2D eigenvalue weighted by Gasteiger charge is -2.12. The number of hydrogen-bond acceptors (Lipinski definition) is 3. The summed E-state index contributed by atoms with van der Waals surface area (Å²) in [4.78, 5) is 0. The lowest BCUT2D eigenvalue weighted by atomic mass is 9.89. The third-order valence-corrected chi connectivity index (χ3v) is 5.25. The minimum atomic E-state index is 0.361. The molecule has 0 aliphatic heterocycles. The van der Waals surface area contributed by atoms with Crippen LogP contribution in [0.25, 0.3) is 32.7 Å². The first-order valence-electron chi connectivity index (χ1n) is 10.3. The second-order valence-electron chi connectivity index (χ2n) is 6.81. The first-order chi connectivity index (χ1) is 15.2. The van der Waals surface area contributed by atoms with Crippen molar-refractivity contribution in [2.45, 2.75) is 20.8 Å². The Morgan fingerprint density at radius 1 is 0.645 bits per heavy atom. The molecular weight excluding hydrogens is 380 g/mol. The maximum atomic E-state index is 10.1. The highest BCUT2D eigenvalue weighted by Gasteiger charge is 2.17. The van der Waals surface area contributed by atoms with Gasteiger partial charge in [0.15, 0.2) is 0 Å². The number of rotatable bonds is 3. The zero-order valence-electron chi connectivity index (χ0n) is 18.2. The SMILES string of the molecule is CC.COc1cccc2c(/C(C#N)=C(\C#N)c3cccc4c(C)cccc34)cccc12. The van der Waals surface area contributed by atoms with E-state index in [2.05, 4.69) is 12.1 Å². The molecule has 0 atom stereocenters. The van der Waals surface area contributed by atoms with Crippen molar-refractivity contribution in [3.05, 3.63) is 89.5 Å². The second kappa shape index (κ2) is 9.61. The molecule has 152 valence electrons. The van der Waals surface area contributed by atoms with Crippen LogP contribution in [0.4, 0.5) is 0 Å². The monoisotopic (exact) mass is 404 g/mol. The van der Waals surface area contributed by atoms with E-state index in [0.29, 0.717) is 11.1 Å². The van der Waals surface area contributed by atoms with Gasteiger partial charge < -0.3 is 4.74 Å². The number of benzene rings is 4. The lowest BCUT2D eigenvalue weighted by Crippen LogP contribution is -1.94. The van der Waals surface area contributed by atoms with E-state index < -0.39 is 0 Å². The van der Waals surface area contributed by atoms with Crippen molar-refractivity contribution in [3.8, 4) is 17.9 Å². The van der Waals surface area contributed by atoms with E-state index in [-0.39, 0.29) is 0 Å². The van der Waals surface area contributed by atoms with Gasteiger partial charge in [0, 0.05) is 16.5 Å². The van der Waals surface area contributed by atoms with E-state index in [1.54, 1.807) is 7.11 Å². The van der Waals surface area contributed by atoms with Gasteiger partial charge in [-0.15, -0.1) is 0 Å². The van der Waals surface area contributed by atoms with Gasteiger partial charge in [-0.1, -0.05) is 80.6 Å². The van der Waals surface area contributed by atoms with Crippen LogP contribution in [-0.2, 0) is 0 Å². The molecule has 0 spiro atoms. The predicted octanol–water partition coefficient (Wildman–Crippen LogP) is 7.29. The molecule has 0 bridgehead atoms. The van der Waals surface area contributed by atoms with Crippen molar-refractivity contribution < 1.29 is 4.74 Å². The standard InChI is InChI=1S/C26H18N2O.C2H6/c1-17-7-3-9-19-18(17)8-4-10-21(19)24(15-27)25(16-28)22-11-5-13-23-20(22)12-6-14-26(23)29-2;1-2/h3-14H,1-2H3;1-2H3/b25-24+;. The molecule has 0 aromatic heterocycles. The van der Waals surface area contributed by atoms with E-state index in [0.717, 1.165) is 44.0 Å². The Morgan fingerprint density at radius 3 is 1.65 bits per heavy atom. The van der Waals surface area contributed by atoms with Crippen LogP contribution in [0.5, 0.6) is 5.75 Å². The van der Waals surface area contributed by atoms with Crippen molar-refractivity contribution in [2.24, 2.45) is 0 Å². The highest BCUT2D eigenvalue weighted by Crippen LogP contribution is 2.36. The van der Waals surface area contributed by atoms with Crippen molar-refractivity contribution in [1.29, 1.82) is 10.5 Å². The molecule has 0 fully saturated rings. The van der Waals surface area contributed by atoms with E-state index in [9.17, 15) is 10.5 Å². The normalized spacial score (nSPS) is 11.0. The van der Waals surface area contributed by atoms with Crippen LogP contribution in [0.1, 0.15) is 30.5 Å². The third-order valence-electron chi connectivity index (χ3n) is 5.25. The number of hydrogen-bond donors (Lipinski definition) is 0. The van der Waals surface area contributed by atoms with Gasteiger partial charge in [0.2, 0.25) is 0 Å². The molecule has 4 rings (SSSR count). The molecule has 3 heteroatoms. The smallest absolute Gasteiger partial charge is 0.126 e. The summed E-state index contributed by atoms with van der Waals surface area (Å²) in [7, 11) is 1.63. The summed E-state index contributed by atoms with van der Waals surface area (Å²) in [6.45, 7) is 6.05. The van der Waals surface area contributed by atoms with Gasteiger partial charge in [-0.25, -0.2) is 0 Å². The van der Waals surface area contributed by atoms with Gasteiger partial charge in [0.25, 0.3) is 0 Å². The summed E-state index contributed by atoms with van der Waals surface area (Å²) in [5, 5.41) is 24.0. The predicted molar refractivity (Wildman–Crippen MR) is 129 cm³/mol. The summed E-state index contributed by atoms with van der Waals surface area (Å²) in [5.74, 6) is 0.737. The first-order valence-corrected chi connectivity index (χ1v) is 10.3. The molecule has 0 saturated carbocycles. The van der Waals surface area contributed by atoms with Crippen LogP contribution in [0.15, 0.2) is 72.8 Å². The number of methoxy groups -OCH3 is 1. The quantitative estimate of drug-likeness (QED) is 0.266. The third kappa shape index (κ3) is 3.87. The zero-order valence-corrected chi connectivity index (χ0v) is 18.2. The highest BCUT2D eigenvalue weighted by molar-refractivity contribution is 6.13. The van der Waals surface area contributed by atoms with Crippen LogP contribution in [0, 0.1) is 29.6 Å². The van der Waals surface area contributed by atoms with Crippen molar-refractivity contribution in [2.75, 3.05) is 7.11 Å². The average molecular weight is 405 g/mol. The molecule has 0 radical (unpaired) electrons. The first kappa shape index (κ1) is 21.6. The Balaban J connectivity index is 0.00000132. The van der Waals surface area contributed by atoms with E-state index in [4.69, 9.17) is 4.74 Å². The molecule has 0 aliphatic rings. The van der Waals surface area contributed by atoms with Gasteiger partial charge in [-0.2, -0.15) is 10.5 Å². The van der Waals surface area contributed by atoms with Crippen molar-refractivity contribution in [1.82, 2.24) is 0 Å². The van der Waals surface area contributed by atoms with Crippen LogP contribution in [0.3, 0.4) is 0 Å². The zero-order chi connectivity index (χ0) is 22.4. The van der Waals surface area contributed by atoms with E-state index in [1.165, 1.54) is 0 Å². The molecule has 31 heavy (non-hydrogen) atoms. The van der Waals surface area contributed by atoms with Crippen LogP contribution >= 0.6 is 0 Å². The lowest BCUT2D eigenvalue weighted by molar-refractivity contribution is 0.420. The fourth-order valence-electron chi connectivity index (χ4n) is 3.86. The minimum Gasteiger partial charge on any atom is -0.496 e. The van der Waals surface area contributed by atoms with Gasteiger partial charge in [-0.05, 0) is 34.7 Å². The molecule has 0 saturated heterocycles. The van der Waals surface area contributed by atoms with Gasteiger partial charge >= 0.3 is 0 Å². The Labute approximate surface area is 183 Å². The summed E-state index contributed by atoms with van der Waals surface area (Å²) in [6.07, 6.45) is 0. The minimum absolute atomic E-state index is 0.361. The Hall–Kier alpha value is -4.08. The number of fused-ring (bicyclic) bond motifs is 2. The number of aryl methyl sites for hydroxylation is 1. The molecule has 0 amide bonds. The van der Waals surface area contributed by atoms with Crippen molar-refractivity contribution >= 4 is 32.7 Å². The Bertz CT molecular complexity index is 1370. The number of nitriles is 2. The largest absolute Gasteiger partial charge is 0.496 e. The molecule has 4 aromatic carbocycles. The average Bonchev–Trinajstić information content (AvgIpc) is 2.83. The maximum absolute atomic E-state index is 10.1. The fraction of sp³-hybridized carbons (Fsp3) is 0.143. The second-order valence-corrected chi connectivity index (χ2v) is 6.81. The Morgan fingerprint density at radius 2 is 1.10 bits per heavy atom. The Kier molecular flexibility index (Phi) is 6.71. The topological polar surface area (TPSA) is 56.8 Å². The van der Waals surface area contributed by atoms with E-state index in [1.807, 2.05) is 93.6 Å². The van der Waals surface area contributed by atoms with Gasteiger partial charge in [0.1, 0.15) is 17.9 Å². The van der Waals surface area contributed by atoms with Gasteiger partial charge in [-0.3, -0.25) is 0 Å². The molecule has 0 N–H and O–H groups in total. The maximum Gasteiger partial charge on any atom is 0.126 e. The number of ether oxygens (including phenoxy) is 1. The molecule has 0 heterocycles. The molecular formula is C28H24N2O. The molecule has 3 nitrogen and oxygen atoms in total. The number of allylic oxidation sites excluding steroid dienone is 2. The summed E-state index contributed by atoms with van der Waals surface area (Å²) >= 11 is 0. The number of nitrogens with zero attached hydrogens (tertiary/aromatic N) is 2. The molecule has 4 aromatic rings. The van der Waals surface area contributed by atoms with Gasteiger partial charge in [0.05, 0.1) is 18.3 Å². The highest BCUT2D eigenvalue weighted by atomic mass is 16.5. The summed E-state index contributed by atoms with van der Waals surface area (Å²) in [6, 6.07) is 28.0. The van der Waals surface area contributed by atoms with Crippen LogP contribution < -0.4 is 4.74 Å². The van der Waals surface area contributed by atoms with E-state index >= 15 is 0 Å². The van der Waals surface area contributed by atoms with Crippen LogP contribution in [0.2, 0.25) is 0 Å². The van der Waals surface area contributed by atoms with Crippen LogP contribution in [-0.4, -0.2) is 7.11 Å². The molecule has 0 aliphatic carbocycles. The summed E-state index contributed by atoms with van der Waals surface area (Å²) < 4.78 is 5.47. The molecule has 0 unspecified atom stereocenters.